The fourth-order valence-corrected chi connectivity index (χ4v) is 2.56. The van der Waals surface area contributed by atoms with Gasteiger partial charge in [-0.25, -0.2) is 4.68 Å². The number of hydrogen-bond donors (Lipinski definition) is 1. The highest BCUT2D eigenvalue weighted by Gasteiger charge is 2.12. The van der Waals surface area contributed by atoms with Crippen LogP contribution in [0.15, 0.2) is 42.5 Å². The normalized spacial score (nSPS) is 12.7. The van der Waals surface area contributed by atoms with Crippen LogP contribution in [-0.2, 0) is 6.42 Å². The SMILES string of the molecule is CCC(N)Cc1cc(C)ccc1-n1nnc2ccccc21. The Balaban J connectivity index is 2.13. The number of para-hydroxylation sites is 1. The van der Waals surface area contributed by atoms with Crippen molar-refractivity contribution in [2.24, 2.45) is 5.73 Å². The molecule has 108 valence electrons. The van der Waals surface area contributed by atoms with Crippen molar-refractivity contribution in [1.82, 2.24) is 15.0 Å². The van der Waals surface area contributed by atoms with Crippen molar-refractivity contribution in [1.29, 1.82) is 0 Å². The third-order valence-corrected chi connectivity index (χ3v) is 3.82. The first-order valence-electron chi connectivity index (χ1n) is 7.35. The monoisotopic (exact) mass is 280 g/mol. The van der Waals surface area contributed by atoms with Gasteiger partial charge in [0.1, 0.15) is 5.52 Å². The molecule has 0 saturated heterocycles. The van der Waals surface area contributed by atoms with Crippen molar-refractivity contribution in [3.05, 3.63) is 53.6 Å². The number of nitrogens with zero attached hydrogens (tertiary/aromatic N) is 3. The molecular formula is C17H20N4. The molecule has 3 aromatic rings. The molecule has 0 saturated carbocycles. The predicted molar refractivity (Wildman–Crippen MR) is 85.6 cm³/mol. The molecule has 0 radical (unpaired) electrons. The topological polar surface area (TPSA) is 56.7 Å². The molecule has 0 amide bonds. The zero-order valence-corrected chi connectivity index (χ0v) is 12.5. The third-order valence-electron chi connectivity index (χ3n) is 3.82. The average molecular weight is 280 g/mol. The molecule has 0 aliphatic rings. The van der Waals surface area contributed by atoms with Gasteiger partial charge in [-0.2, -0.15) is 0 Å². The molecule has 1 unspecified atom stereocenters. The highest BCUT2D eigenvalue weighted by Crippen LogP contribution is 2.22. The summed E-state index contributed by atoms with van der Waals surface area (Å²) in [6.45, 7) is 4.22. The molecule has 1 atom stereocenters. The van der Waals surface area contributed by atoms with E-state index in [0.717, 1.165) is 29.6 Å². The number of benzene rings is 2. The van der Waals surface area contributed by atoms with Gasteiger partial charge in [0.25, 0.3) is 0 Å². The minimum absolute atomic E-state index is 0.167. The Morgan fingerprint density at radius 2 is 2.00 bits per heavy atom. The second kappa shape index (κ2) is 5.66. The number of hydrogen-bond acceptors (Lipinski definition) is 3. The van der Waals surface area contributed by atoms with Crippen LogP contribution in [0.2, 0.25) is 0 Å². The van der Waals surface area contributed by atoms with Gasteiger partial charge in [0.05, 0.1) is 11.2 Å². The Morgan fingerprint density at radius 3 is 2.81 bits per heavy atom. The average Bonchev–Trinajstić information content (AvgIpc) is 2.91. The highest BCUT2D eigenvalue weighted by molar-refractivity contribution is 5.76. The van der Waals surface area contributed by atoms with Crippen LogP contribution in [0.1, 0.15) is 24.5 Å². The largest absolute Gasteiger partial charge is 0.327 e. The van der Waals surface area contributed by atoms with E-state index in [1.54, 1.807) is 0 Å². The van der Waals surface area contributed by atoms with Crippen molar-refractivity contribution in [3.8, 4) is 5.69 Å². The van der Waals surface area contributed by atoms with Gasteiger partial charge in [-0.15, -0.1) is 5.10 Å². The fraction of sp³-hybridized carbons (Fsp3) is 0.294. The Bertz CT molecular complexity index is 760. The molecule has 0 fully saturated rings. The molecule has 0 bridgehead atoms. The van der Waals surface area contributed by atoms with Crippen LogP contribution in [0.4, 0.5) is 0 Å². The van der Waals surface area contributed by atoms with Crippen LogP contribution < -0.4 is 5.73 Å². The number of fused-ring (bicyclic) bond motifs is 1. The van der Waals surface area contributed by atoms with Gasteiger partial charge in [-0.05, 0) is 43.5 Å². The maximum Gasteiger partial charge on any atom is 0.113 e. The first kappa shape index (κ1) is 13.8. The minimum Gasteiger partial charge on any atom is -0.327 e. The summed E-state index contributed by atoms with van der Waals surface area (Å²) in [5.74, 6) is 0. The van der Waals surface area contributed by atoms with Gasteiger partial charge < -0.3 is 5.73 Å². The van der Waals surface area contributed by atoms with E-state index >= 15 is 0 Å². The number of aryl methyl sites for hydroxylation is 1. The smallest absolute Gasteiger partial charge is 0.113 e. The summed E-state index contributed by atoms with van der Waals surface area (Å²) >= 11 is 0. The van der Waals surface area contributed by atoms with Gasteiger partial charge >= 0.3 is 0 Å². The van der Waals surface area contributed by atoms with Crippen LogP contribution in [0, 0.1) is 6.92 Å². The van der Waals surface area contributed by atoms with Crippen molar-refractivity contribution < 1.29 is 0 Å². The van der Waals surface area contributed by atoms with Crippen molar-refractivity contribution in [3.63, 3.8) is 0 Å². The lowest BCUT2D eigenvalue weighted by atomic mass is 10.0. The molecule has 3 rings (SSSR count). The number of rotatable bonds is 4. The van der Waals surface area contributed by atoms with Crippen molar-refractivity contribution in [2.75, 3.05) is 0 Å². The Morgan fingerprint density at radius 1 is 1.19 bits per heavy atom. The quantitative estimate of drug-likeness (QED) is 0.799. The molecule has 4 heteroatoms. The zero-order chi connectivity index (χ0) is 14.8. The summed E-state index contributed by atoms with van der Waals surface area (Å²) in [7, 11) is 0. The van der Waals surface area contributed by atoms with E-state index in [1.165, 1.54) is 11.1 Å². The second-order valence-electron chi connectivity index (χ2n) is 5.49. The van der Waals surface area contributed by atoms with Crippen molar-refractivity contribution >= 4 is 11.0 Å². The summed E-state index contributed by atoms with van der Waals surface area (Å²) in [6, 6.07) is 14.6. The van der Waals surface area contributed by atoms with E-state index in [2.05, 4.69) is 42.4 Å². The molecule has 21 heavy (non-hydrogen) atoms. The zero-order valence-electron chi connectivity index (χ0n) is 12.5. The molecule has 1 heterocycles. The fourth-order valence-electron chi connectivity index (χ4n) is 2.56. The first-order chi connectivity index (χ1) is 10.2. The minimum atomic E-state index is 0.167. The van der Waals surface area contributed by atoms with E-state index in [-0.39, 0.29) is 6.04 Å². The van der Waals surface area contributed by atoms with E-state index < -0.39 is 0 Å². The third kappa shape index (κ3) is 2.67. The summed E-state index contributed by atoms with van der Waals surface area (Å²) in [6.07, 6.45) is 1.81. The van der Waals surface area contributed by atoms with Gasteiger partial charge in [0.2, 0.25) is 0 Å². The van der Waals surface area contributed by atoms with Gasteiger partial charge in [-0.1, -0.05) is 42.0 Å². The van der Waals surface area contributed by atoms with Crippen LogP contribution in [0.5, 0.6) is 0 Å². The maximum absolute atomic E-state index is 6.14. The van der Waals surface area contributed by atoms with Crippen LogP contribution in [-0.4, -0.2) is 21.0 Å². The van der Waals surface area contributed by atoms with Gasteiger partial charge in [0.15, 0.2) is 0 Å². The lowest BCUT2D eigenvalue weighted by Crippen LogP contribution is -2.22. The standard InChI is InChI=1S/C17H20N4/c1-3-14(18)11-13-10-12(2)8-9-16(13)21-17-7-5-4-6-15(17)19-20-21/h4-10,14H,3,11,18H2,1-2H3. The Labute approximate surface area is 124 Å². The Hall–Kier alpha value is -2.20. The summed E-state index contributed by atoms with van der Waals surface area (Å²) in [5, 5.41) is 8.55. The van der Waals surface area contributed by atoms with Crippen LogP contribution in [0.25, 0.3) is 16.7 Å². The van der Waals surface area contributed by atoms with Crippen molar-refractivity contribution in [2.45, 2.75) is 32.7 Å². The molecule has 0 spiro atoms. The molecular weight excluding hydrogens is 260 g/mol. The van der Waals surface area contributed by atoms with Crippen LogP contribution >= 0.6 is 0 Å². The highest BCUT2D eigenvalue weighted by atomic mass is 15.4. The molecule has 1 aromatic heterocycles. The van der Waals surface area contributed by atoms with Gasteiger partial charge in [0, 0.05) is 6.04 Å². The molecule has 2 N–H and O–H groups in total. The van der Waals surface area contributed by atoms with E-state index in [0.29, 0.717) is 0 Å². The molecule has 4 nitrogen and oxygen atoms in total. The summed E-state index contributed by atoms with van der Waals surface area (Å²) < 4.78 is 1.91. The lowest BCUT2D eigenvalue weighted by molar-refractivity contribution is 0.642. The number of nitrogens with two attached hydrogens (primary N) is 1. The maximum atomic E-state index is 6.14. The Kier molecular flexibility index (Phi) is 3.71. The molecule has 0 aliphatic carbocycles. The summed E-state index contributed by atoms with van der Waals surface area (Å²) in [4.78, 5) is 0. The number of aromatic nitrogens is 3. The molecule has 0 aliphatic heterocycles. The van der Waals surface area contributed by atoms with E-state index in [9.17, 15) is 0 Å². The second-order valence-corrected chi connectivity index (χ2v) is 5.49. The lowest BCUT2D eigenvalue weighted by Gasteiger charge is -2.14. The predicted octanol–water partition coefficient (Wildman–Crippen LogP) is 3.01. The van der Waals surface area contributed by atoms with Gasteiger partial charge in [-0.3, -0.25) is 0 Å². The van der Waals surface area contributed by atoms with E-state index in [1.807, 2.05) is 28.9 Å². The van der Waals surface area contributed by atoms with E-state index in [4.69, 9.17) is 5.73 Å². The summed E-state index contributed by atoms with van der Waals surface area (Å²) in [5.41, 5.74) is 11.6. The first-order valence-corrected chi connectivity index (χ1v) is 7.35. The molecule has 2 aromatic carbocycles. The van der Waals surface area contributed by atoms with Crippen LogP contribution in [0.3, 0.4) is 0 Å².